The molecular formula is C13H19N3O5S2. The number of rotatable bonds is 3. The molecule has 2 N–H and O–H groups in total. The van der Waals surface area contributed by atoms with E-state index >= 15 is 0 Å². The number of nitrogens with one attached hydrogen (secondary N) is 2. The van der Waals surface area contributed by atoms with Gasteiger partial charge in [-0.1, -0.05) is 6.07 Å². The summed E-state index contributed by atoms with van der Waals surface area (Å²) in [5.74, 6) is -0.0931. The first-order valence-electron chi connectivity index (χ1n) is 6.90. The van der Waals surface area contributed by atoms with Crippen LogP contribution in [-0.4, -0.2) is 58.6 Å². The Bertz CT molecular complexity index is 804. The van der Waals surface area contributed by atoms with Crippen molar-refractivity contribution in [2.45, 2.75) is 6.92 Å². The van der Waals surface area contributed by atoms with E-state index in [0.29, 0.717) is 11.4 Å². The standard InChI is InChI=1S/C13H19N3O5S2/c1-10-3-4-11(15-22(2,18)19)9-12(10)14-13(17)16-5-7-23(20,21)8-6-16/h3-4,9,15H,5-8H2,1-2H3,(H,14,17). The lowest BCUT2D eigenvalue weighted by Gasteiger charge is -2.27. The van der Waals surface area contributed by atoms with Crippen molar-refractivity contribution in [1.82, 2.24) is 4.90 Å². The van der Waals surface area contributed by atoms with Gasteiger partial charge in [0, 0.05) is 18.8 Å². The van der Waals surface area contributed by atoms with Crippen LogP contribution in [0.5, 0.6) is 0 Å². The summed E-state index contributed by atoms with van der Waals surface area (Å²) in [5.41, 5.74) is 1.58. The molecule has 0 bridgehead atoms. The molecular weight excluding hydrogens is 342 g/mol. The fraction of sp³-hybridized carbons (Fsp3) is 0.462. The molecule has 1 heterocycles. The third-order valence-electron chi connectivity index (χ3n) is 3.41. The molecule has 1 aromatic rings. The number of carbonyl (C=O) groups is 1. The monoisotopic (exact) mass is 361 g/mol. The Balaban J connectivity index is 2.10. The number of nitrogens with zero attached hydrogens (tertiary/aromatic N) is 1. The van der Waals surface area contributed by atoms with Gasteiger partial charge in [0.15, 0.2) is 9.84 Å². The summed E-state index contributed by atoms with van der Waals surface area (Å²) in [7, 11) is -6.46. The smallest absolute Gasteiger partial charge is 0.321 e. The lowest BCUT2D eigenvalue weighted by molar-refractivity contribution is 0.216. The Morgan fingerprint density at radius 1 is 1.22 bits per heavy atom. The van der Waals surface area contributed by atoms with Gasteiger partial charge < -0.3 is 10.2 Å². The molecule has 10 heteroatoms. The van der Waals surface area contributed by atoms with Crippen LogP contribution in [0.2, 0.25) is 0 Å². The molecule has 23 heavy (non-hydrogen) atoms. The Kier molecular flexibility index (Phi) is 4.85. The van der Waals surface area contributed by atoms with Gasteiger partial charge in [0.25, 0.3) is 0 Å². The zero-order chi connectivity index (χ0) is 17.3. The molecule has 0 aromatic heterocycles. The van der Waals surface area contributed by atoms with Gasteiger partial charge in [0.1, 0.15) is 0 Å². The average molecular weight is 361 g/mol. The molecule has 0 aliphatic carbocycles. The minimum atomic E-state index is -3.41. The molecule has 128 valence electrons. The van der Waals surface area contributed by atoms with Crippen LogP contribution in [0.15, 0.2) is 18.2 Å². The second kappa shape index (κ2) is 6.36. The van der Waals surface area contributed by atoms with E-state index in [4.69, 9.17) is 0 Å². The second-order valence-corrected chi connectivity index (χ2v) is 9.53. The number of aryl methyl sites for hydroxylation is 1. The Labute approximate surface area is 135 Å². The number of sulfone groups is 1. The van der Waals surface area contributed by atoms with Gasteiger partial charge in [-0.15, -0.1) is 0 Å². The average Bonchev–Trinajstić information content (AvgIpc) is 2.40. The zero-order valence-corrected chi connectivity index (χ0v) is 14.5. The first-order valence-corrected chi connectivity index (χ1v) is 10.6. The summed E-state index contributed by atoms with van der Waals surface area (Å²) in [5, 5.41) is 2.69. The highest BCUT2D eigenvalue weighted by Crippen LogP contribution is 2.21. The fourth-order valence-corrected chi connectivity index (χ4v) is 3.90. The van der Waals surface area contributed by atoms with Crippen LogP contribution < -0.4 is 10.0 Å². The molecule has 1 aromatic carbocycles. The van der Waals surface area contributed by atoms with Crippen molar-refractivity contribution in [3.63, 3.8) is 0 Å². The molecule has 0 unspecified atom stereocenters. The molecule has 0 radical (unpaired) electrons. The van der Waals surface area contributed by atoms with E-state index in [1.54, 1.807) is 19.1 Å². The topological polar surface area (TPSA) is 113 Å². The molecule has 0 spiro atoms. The van der Waals surface area contributed by atoms with Crippen LogP contribution in [0.4, 0.5) is 16.2 Å². The maximum Gasteiger partial charge on any atom is 0.321 e. The lowest BCUT2D eigenvalue weighted by Crippen LogP contribution is -2.45. The number of anilines is 2. The quantitative estimate of drug-likeness (QED) is 0.820. The predicted molar refractivity (Wildman–Crippen MR) is 88.9 cm³/mol. The lowest BCUT2D eigenvalue weighted by atomic mass is 10.2. The summed E-state index contributed by atoms with van der Waals surface area (Å²) >= 11 is 0. The highest BCUT2D eigenvalue weighted by molar-refractivity contribution is 7.92. The van der Waals surface area contributed by atoms with Crippen LogP contribution >= 0.6 is 0 Å². The highest BCUT2D eigenvalue weighted by Gasteiger charge is 2.25. The van der Waals surface area contributed by atoms with Gasteiger partial charge in [-0.25, -0.2) is 21.6 Å². The Morgan fingerprint density at radius 3 is 2.39 bits per heavy atom. The van der Waals surface area contributed by atoms with E-state index in [-0.39, 0.29) is 24.6 Å². The number of benzene rings is 1. The molecule has 0 atom stereocenters. The molecule has 0 saturated carbocycles. The van der Waals surface area contributed by atoms with Crippen molar-refractivity contribution in [2.24, 2.45) is 0 Å². The summed E-state index contributed by atoms with van der Waals surface area (Å²) in [4.78, 5) is 13.6. The largest absolute Gasteiger partial charge is 0.322 e. The zero-order valence-electron chi connectivity index (χ0n) is 12.9. The van der Waals surface area contributed by atoms with Crippen molar-refractivity contribution in [3.05, 3.63) is 23.8 Å². The van der Waals surface area contributed by atoms with Gasteiger partial charge in [-0.05, 0) is 24.6 Å². The summed E-state index contributed by atoms with van der Waals surface area (Å²) in [6.07, 6.45) is 1.04. The molecule has 1 aliphatic rings. The van der Waals surface area contributed by atoms with Crippen molar-refractivity contribution in [2.75, 3.05) is 40.9 Å². The van der Waals surface area contributed by atoms with Crippen LogP contribution in [0.3, 0.4) is 0 Å². The molecule has 1 aliphatic heterocycles. The molecule has 2 rings (SSSR count). The van der Waals surface area contributed by atoms with Crippen molar-refractivity contribution in [3.8, 4) is 0 Å². The summed E-state index contributed by atoms with van der Waals surface area (Å²) < 4.78 is 47.6. The summed E-state index contributed by atoms with van der Waals surface area (Å²) in [6, 6.07) is 4.40. The number of sulfonamides is 1. The normalized spacial score (nSPS) is 17.6. The number of hydrogen-bond acceptors (Lipinski definition) is 5. The van der Waals surface area contributed by atoms with Gasteiger partial charge in [-0.3, -0.25) is 4.72 Å². The Morgan fingerprint density at radius 2 is 1.83 bits per heavy atom. The third-order valence-corrected chi connectivity index (χ3v) is 5.63. The van der Waals surface area contributed by atoms with E-state index in [0.717, 1.165) is 11.8 Å². The van der Waals surface area contributed by atoms with Crippen LogP contribution in [0, 0.1) is 6.92 Å². The number of amides is 2. The van der Waals surface area contributed by atoms with Crippen LogP contribution in [0.25, 0.3) is 0 Å². The van der Waals surface area contributed by atoms with Crippen molar-refractivity contribution >= 4 is 37.3 Å². The predicted octanol–water partition coefficient (Wildman–Crippen LogP) is 0.629. The Hall–Kier alpha value is -1.81. The van der Waals surface area contributed by atoms with E-state index in [1.807, 2.05) is 0 Å². The van der Waals surface area contributed by atoms with Gasteiger partial charge >= 0.3 is 6.03 Å². The SMILES string of the molecule is Cc1ccc(NS(C)(=O)=O)cc1NC(=O)N1CCS(=O)(=O)CC1. The first kappa shape index (κ1) is 17.5. The van der Waals surface area contributed by atoms with E-state index < -0.39 is 25.9 Å². The highest BCUT2D eigenvalue weighted by atomic mass is 32.2. The molecule has 1 fully saturated rings. The van der Waals surface area contributed by atoms with Crippen molar-refractivity contribution in [1.29, 1.82) is 0 Å². The number of carbonyl (C=O) groups excluding carboxylic acids is 1. The molecule has 1 saturated heterocycles. The van der Waals surface area contributed by atoms with Crippen molar-refractivity contribution < 1.29 is 21.6 Å². The maximum atomic E-state index is 12.2. The fourth-order valence-electron chi connectivity index (χ4n) is 2.14. The maximum absolute atomic E-state index is 12.2. The third kappa shape index (κ3) is 5.10. The van der Waals surface area contributed by atoms with E-state index in [9.17, 15) is 21.6 Å². The minimum Gasteiger partial charge on any atom is -0.322 e. The number of urea groups is 1. The molecule has 8 nitrogen and oxygen atoms in total. The molecule has 2 amide bonds. The van der Waals surface area contributed by atoms with Crippen LogP contribution in [0.1, 0.15) is 5.56 Å². The van der Waals surface area contributed by atoms with E-state index in [1.165, 1.54) is 11.0 Å². The van der Waals surface area contributed by atoms with E-state index in [2.05, 4.69) is 10.0 Å². The van der Waals surface area contributed by atoms with Gasteiger partial charge in [0.2, 0.25) is 10.0 Å². The van der Waals surface area contributed by atoms with Gasteiger partial charge in [-0.2, -0.15) is 0 Å². The second-order valence-electron chi connectivity index (χ2n) is 5.47. The number of hydrogen-bond donors (Lipinski definition) is 2. The van der Waals surface area contributed by atoms with Gasteiger partial charge in [0.05, 0.1) is 23.4 Å². The first-order chi connectivity index (χ1) is 10.6. The minimum absolute atomic E-state index is 0.0466. The summed E-state index contributed by atoms with van der Waals surface area (Å²) in [6.45, 7) is 2.07. The van der Waals surface area contributed by atoms with Crippen LogP contribution in [-0.2, 0) is 19.9 Å².